The number of fused-ring (bicyclic) bond motifs is 1. The van der Waals surface area contributed by atoms with Gasteiger partial charge in [-0.3, -0.25) is 39.0 Å². The van der Waals surface area contributed by atoms with Crippen LogP contribution in [0.1, 0.15) is 61.8 Å². The van der Waals surface area contributed by atoms with Gasteiger partial charge >= 0.3 is 0 Å². The molecule has 5 amide bonds. The summed E-state index contributed by atoms with van der Waals surface area (Å²) in [6.45, 7) is 1.67. The van der Waals surface area contributed by atoms with Gasteiger partial charge in [0.2, 0.25) is 11.8 Å². The van der Waals surface area contributed by atoms with Crippen molar-refractivity contribution in [2.45, 2.75) is 37.3 Å². The number of likely N-dealkylation sites (N-methyl/N-ethyl adjacent to an activating group) is 1. The molecule has 1 unspecified atom stereocenters. The highest BCUT2D eigenvalue weighted by Gasteiger charge is 2.44. The zero-order valence-corrected chi connectivity index (χ0v) is 30.8. The normalized spacial score (nSPS) is 20.2. The quantitative estimate of drug-likeness (QED) is 0.251. The van der Waals surface area contributed by atoms with Crippen molar-refractivity contribution < 1.29 is 28.7 Å². The van der Waals surface area contributed by atoms with E-state index in [0.717, 1.165) is 30.0 Å². The van der Waals surface area contributed by atoms with Gasteiger partial charge in [0.15, 0.2) is 0 Å². The second-order valence-electron chi connectivity index (χ2n) is 13.5. The number of halogens is 1. The Morgan fingerprint density at radius 1 is 0.925 bits per heavy atom. The Bertz CT molecular complexity index is 2210. The Morgan fingerprint density at radius 3 is 2.34 bits per heavy atom. The van der Waals surface area contributed by atoms with Crippen molar-refractivity contribution in [1.82, 2.24) is 24.9 Å². The van der Waals surface area contributed by atoms with Crippen LogP contribution >= 0.6 is 15.9 Å². The minimum absolute atomic E-state index is 0.0391. The van der Waals surface area contributed by atoms with Crippen molar-refractivity contribution in [3.63, 3.8) is 0 Å². The summed E-state index contributed by atoms with van der Waals surface area (Å²) in [4.78, 5) is 80.6. The number of ether oxygens (including phenoxy) is 1. The lowest BCUT2D eigenvalue weighted by Gasteiger charge is -2.37. The molecule has 272 valence electrons. The fourth-order valence-electron chi connectivity index (χ4n) is 7.09. The average molecular weight is 783 g/mol. The number of aromatic nitrogens is 2. The van der Waals surface area contributed by atoms with Crippen LogP contribution in [-0.2, 0) is 16.6 Å². The lowest BCUT2D eigenvalue weighted by Crippen LogP contribution is -2.54. The number of piperidine rings is 2. The zero-order chi connectivity index (χ0) is 37.6. The number of carbonyl (C=O) groups is 5. The Kier molecular flexibility index (Phi) is 9.70. The van der Waals surface area contributed by atoms with E-state index in [1.165, 1.54) is 16.8 Å². The summed E-state index contributed by atoms with van der Waals surface area (Å²) in [5.74, 6) is -1.53. The maximum absolute atomic E-state index is 13.5. The molecule has 14 nitrogen and oxygen atoms in total. The standard InChI is InChI=1S/C38H36BrN7O7/c1-43-19-23(16-24(20-43)41-30-18-40-45(3)38(52)33(30)39)21-4-6-22(7-5-21)35(49)44(2)25-8-10-26(11-9-25)53-27-12-13-28-29(17-27)37(51)46(36(28)50)31-14-15-32(47)42-34(31)48/h4-13,17-18,23-24,31,41H,14-16,19-20H2,1-3H3,(H,42,47,48)/t23-,24+,31?/m0/s1. The number of nitrogens with zero attached hydrogens (tertiary/aromatic N) is 5. The fraction of sp³-hybridized carbons (Fsp3) is 0.289. The number of benzene rings is 3. The molecular formula is C38H36BrN7O7. The van der Waals surface area contributed by atoms with Crippen LogP contribution in [0.5, 0.6) is 11.5 Å². The minimum atomic E-state index is -1.05. The van der Waals surface area contributed by atoms with Gasteiger partial charge in [0.05, 0.1) is 23.0 Å². The van der Waals surface area contributed by atoms with Gasteiger partial charge in [-0.05, 0) is 102 Å². The van der Waals surface area contributed by atoms with E-state index in [9.17, 15) is 28.8 Å². The molecule has 15 heteroatoms. The molecular weight excluding hydrogens is 746 g/mol. The number of nitrogens with one attached hydrogen (secondary N) is 2. The first-order chi connectivity index (χ1) is 25.4. The van der Waals surface area contributed by atoms with Crippen LogP contribution in [0.4, 0.5) is 11.4 Å². The van der Waals surface area contributed by atoms with E-state index in [4.69, 9.17) is 4.74 Å². The largest absolute Gasteiger partial charge is 0.457 e. The summed E-state index contributed by atoms with van der Waals surface area (Å²) in [5, 5.41) is 9.80. The van der Waals surface area contributed by atoms with Gasteiger partial charge in [-0.25, -0.2) is 4.68 Å². The van der Waals surface area contributed by atoms with Crippen molar-refractivity contribution in [2.24, 2.45) is 7.05 Å². The van der Waals surface area contributed by atoms with Crippen molar-refractivity contribution in [2.75, 3.05) is 37.4 Å². The maximum Gasteiger partial charge on any atom is 0.282 e. The minimum Gasteiger partial charge on any atom is -0.457 e. The number of hydrogen-bond acceptors (Lipinski definition) is 10. The third-order valence-electron chi connectivity index (χ3n) is 9.88. The molecule has 0 spiro atoms. The van der Waals surface area contributed by atoms with E-state index in [-0.39, 0.29) is 47.4 Å². The molecule has 2 fully saturated rings. The summed E-state index contributed by atoms with van der Waals surface area (Å²) < 4.78 is 7.71. The van der Waals surface area contributed by atoms with Gasteiger partial charge in [0, 0.05) is 50.9 Å². The summed E-state index contributed by atoms with van der Waals surface area (Å²) >= 11 is 3.40. The highest BCUT2D eigenvalue weighted by Crippen LogP contribution is 2.33. The Hall–Kier alpha value is -5.67. The van der Waals surface area contributed by atoms with Crippen LogP contribution in [0.3, 0.4) is 0 Å². The zero-order valence-electron chi connectivity index (χ0n) is 29.2. The van der Waals surface area contributed by atoms with Gasteiger partial charge in [-0.15, -0.1) is 0 Å². The number of aryl methyl sites for hydroxylation is 1. The first kappa shape index (κ1) is 35.7. The number of rotatable bonds is 8. The topological polar surface area (TPSA) is 163 Å². The molecule has 3 aromatic carbocycles. The molecule has 0 aliphatic carbocycles. The Morgan fingerprint density at radius 2 is 1.62 bits per heavy atom. The van der Waals surface area contributed by atoms with Crippen LogP contribution in [0.15, 0.2) is 82.2 Å². The van der Waals surface area contributed by atoms with E-state index >= 15 is 0 Å². The van der Waals surface area contributed by atoms with Crippen LogP contribution < -0.4 is 25.8 Å². The molecule has 0 radical (unpaired) electrons. The van der Waals surface area contributed by atoms with E-state index in [1.807, 2.05) is 24.3 Å². The van der Waals surface area contributed by atoms with Crippen molar-refractivity contribution in [1.29, 1.82) is 0 Å². The number of anilines is 2. The van der Waals surface area contributed by atoms with Crippen molar-refractivity contribution in [3.05, 3.63) is 110 Å². The molecule has 0 bridgehead atoms. The molecule has 3 aliphatic heterocycles. The summed E-state index contributed by atoms with van der Waals surface area (Å²) in [5.41, 5.74) is 3.02. The first-order valence-electron chi connectivity index (χ1n) is 17.1. The van der Waals surface area contributed by atoms with Gasteiger partial charge in [-0.2, -0.15) is 5.10 Å². The Balaban J connectivity index is 0.975. The molecule has 2 saturated heterocycles. The number of hydrogen-bond donors (Lipinski definition) is 2. The predicted octanol–water partition coefficient (Wildman–Crippen LogP) is 3.91. The molecule has 2 N–H and O–H groups in total. The highest BCUT2D eigenvalue weighted by atomic mass is 79.9. The number of amides is 5. The lowest BCUT2D eigenvalue weighted by atomic mass is 9.87. The fourth-order valence-corrected chi connectivity index (χ4v) is 7.57. The molecule has 3 aliphatic rings. The first-order valence-corrected chi connectivity index (χ1v) is 17.9. The Labute approximate surface area is 312 Å². The summed E-state index contributed by atoms with van der Waals surface area (Å²) in [7, 11) is 5.37. The third kappa shape index (κ3) is 7.09. The maximum atomic E-state index is 13.5. The number of imide groups is 2. The van der Waals surface area contributed by atoms with E-state index in [0.29, 0.717) is 32.9 Å². The van der Waals surface area contributed by atoms with Crippen molar-refractivity contribution in [3.8, 4) is 11.5 Å². The molecule has 0 saturated carbocycles. The van der Waals surface area contributed by atoms with Crippen LogP contribution in [0.25, 0.3) is 0 Å². The van der Waals surface area contributed by atoms with Crippen LogP contribution in [-0.4, -0.2) is 88.4 Å². The third-order valence-corrected chi connectivity index (χ3v) is 10.6. The smallest absolute Gasteiger partial charge is 0.282 e. The van der Waals surface area contributed by atoms with Gasteiger partial charge < -0.3 is 19.9 Å². The second kappa shape index (κ2) is 14.4. The second-order valence-corrected chi connectivity index (χ2v) is 14.3. The molecule has 3 atom stereocenters. The van der Waals surface area contributed by atoms with Gasteiger partial charge in [0.25, 0.3) is 23.3 Å². The molecule has 1 aromatic heterocycles. The predicted molar refractivity (Wildman–Crippen MR) is 198 cm³/mol. The number of carbonyl (C=O) groups excluding carboxylic acids is 5. The molecule has 4 heterocycles. The molecule has 7 rings (SSSR count). The molecule has 53 heavy (non-hydrogen) atoms. The number of likely N-dealkylation sites (tertiary alicyclic amines) is 1. The average Bonchev–Trinajstić information content (AvgIpc) is 3.39. The van der Waals surface area contributed by atoms with Gasteiger partial charge in [-0.1, -0.05) is 12.1 Å². The monoisotopic (exact) mass is 781 g/mol. The van der Waals surface area contributed by atoms with Crippen molar-refractivity contribution >= 4 is 56.8 Å². The summed E-state index contributed by atoms with van der Waals surface area (Å²) in [6.07, 6.45) is 2.60. The van der Waals surface area contributed by atoms with Gasteiger partial charge in [0.1, 0.15) is 22.0 Å². The lowest BCUT2D eigenvalue weighted by molar-refractivity contribution is -0.136. The van der Waals surface area contributed by atoms with E-state index in [2.05, 4.69) is 43.6 Å². The molecule has 4 aromatic rings. The SMILES string of the molecule is CN1C[C@H](Nc2cnn(C)c(=O)c2Br)C[C@H](c2ccc(C(=O)N(C)c3ccc(Oc4ccc5c(c4)C(=O)N(C4CCC(=O)NC4=O)C5=O)cc3)cc2)C1. The van der Waals surface area contributed by atoms with Crippen LogP contribution in [0.2, 0.25) is 0 Å². The van der Waals surface area contributed by atoms with E-state index < -0.39 is 29.7 Å². The van der Waals surface area contributed by atoms with E-state index in [1.54, 1.807) is 55.5 Å². The summed E-state index contributed by atoms with van der Waals surface area (Å²) in [6, 6.07) is 18.1. The van der Waals surface area contributed by atoms with Crippen LogP contribution in [0, 0.1) is 0 Å². The highest BCUT2D eigenvalue weighted by molar-refractivity contribution is 9.10.